The lowest BCUT2D eigenvalue weighted by Gasteiger charge is -2.00. The third kappa shape index (κ3) is 2.73. The van der Waals surface area contributed by atoms with E-state index in [0.717, 1.165) is 29.1 Å². The zero-order valence-electron chi connectivity index (χ0n) is 9.80. The average molecular weight is 259 g/mol. The maximum absolute atomic E-state index is 11.7. The van der Waals surface area contributed by atoms with E-state index >= 15 is 0 Å². The van der Waals surface area contributed by atoms with E-state index < -0.39 is 0 Å². The molecule has 5 heteroatoms. The Kier molecular flexibility index (Phi) is 3.06. The van der Waals surface area contributed by atoms with Crippen LogP contribution in [0.4, 0.5) is 0 Å². The summed E-state index contributed by atoms with van der Waals surface area (Å²) >= 11 is 1.56. The minimum Gasteiger partial charge on any atom is -0.353 e. The summed E-state index contributed by atoms with van der Waals surface area (Å²) in [5.74, 6) is 0.0732. The third-order valence-corrected chi connectivity index (χ3v) is 3.70. The lowest BCUT2D eigenvalue weighted by Crippen LogP contribution is -2.27. The number of thiazole rings is 1. The van der Waals surface area contributed by atoms with Crippen molar-refractivity contribution in [3.05, 3.63) is 35.6 Å². The zero-order chi connectivity index (χ0) is 12.4. The maximum Gasteiger partial charge on any atom is 0.226 e. The number of carbonyl (C=O) groups excluding carboxylic acids is 1. The van der Waals surface area contributed by atoms with Crippen molar-refractivity contribution in [3.8, 4) is 10.6 Å². The van der Waals surface area contributed by atoms with Gasteiger partial charge in [-0.15, -0.1) is 11.3 Å². The Morgan fingerprint density at radius 2 is 2.17 bits per heavy atom. The highest BCUT2D eigenvalue weighted by Crippen LogP contribution is 2.23. The van der Waals surface area contributed by atoms with Gasteiger partial charge in [-0.3, -0.25) is 9.78 Å². The minimum absolute atomic E-state index is 0.0732. The first-order valence-electron chi connectivity index (χ1n) is 5.95. The van der Waals surface area contributed by atoms with Gasteiger partial charge >= 0.3 is 0 Å². The summed E-state index contributed by atoms with van der Waals surface area (Å²) in [4.78, 5) is 20.1. The second-order valence-electron chi connectivity index (χ2n) is 4.40. The predicted octanol–water partition coefficient (Wildman–Crippen LogP) is 2.03. The van der Waals surface area contributed by atoms with Crippen molar-refractivity contribution in [2.24, 2.45) is 0 Å². The maximum atomic E-state index is 11.7. The van der Waals surface area contributed by atoms with E-state index in [2.05, 4.69) is 15.3 Å². The molecule has 1 saturated carbocycles. The molecule has 1 aliphatic carbocycles. The minimum atomic E-state index is 0.0732. The van der Waals surface area contributed by atoms with Crippen molar-refractivity contribution in [2.75, 3.05) is 0 Å². The Morgan fingerprint density at radius 3 is 2.89 bits per heavy atom. The van der Waals surface area contributed by atoms with Gasteiger partial charge in [0.05, 0.1) is 12.1 Å². The van der Waals surface area contributed by atoms with Gasteiger partial charge in [0.1, 0.15) is 5.01 Å². The number of nitrogens with one attached hydrogen (secondary N) is 1. The quantitative estimate of drug-likeness (QED) is 0.914. The first kappa shape index (κ1) is 11.3. The summed E-state index contributed by atoms with van der Waals surface area (Å²) in [6.45, 7) is 0. The van der Waals surface area contributed by atoms with E-state index in [4.69, 9.17) is 0 Å². The van der Waals surface area contributed by atoms with E-state index in [-0.39, 0.29) is 5.91 Å². The summed E-state index contributed by atoms with van der Waals surface area (Å²) in [6.07, 6.45) is 6.10. The summed E-state index contributed by atoms with van der Waals surface area (Å²) in [7, 11) is 0. The molecule has 0 radical (unpaired) electrons. The summed E-state index contributed by atoms with van der Waals surface area (Å²) in [5.41, 5.74) is 1.88. The Bertz CT molecular complexity index is 548. The first-order valence-corrected chi connectivity index (χ1v) is 6.83. The molecule has 3 rings (SSSR count). The van der Waals surface area contributed by atoms with Crippen LogP contribution in [0, 0.1) is 0 Å². The van der Waals surface area contributed by atoms with Crippen LogP contribution in [0.25, 0.3) is 10.6 Å². The van der Waals surface area contributed by atoms with Crippen LogP contribution in [0.1, 0.15) is 18.5 Å². The van der Waals surface area contributed by atoms with Gasteiger partial charge in [-0.25, -0.2) is 4.98 Å². The number of amides is 1. The third-order valence-electron chi connectivity index (χ3n) is 2.76. The molecule has 0 spiro atoms. The van der Waals surface area contributed by atoms with Crippen LogP contribution in [0.5, 0.6) is 0 Å². The molecule has 0 saturated heterocycles. The fourth-order valence-corrected chi connectivity index (χ4v) is 2.51. The second kappa shape index (κ2) is 4.86. The Morgan fingerprint density at radius 1 is 1.39 bits per heavy atom. The van der Waals surface area contributed by atoms with Crippen LogP contribution in [0.2, 0.25) is 0 Å². The average Bonchev–Trinajstić information content (AvgIpc) is 3.06. The summed E-state index contributed by atoms with van der Waals surface area (Å²) < 4.78 is 0. The molecule has 1 aliphatic rings. The number of carbonyl (C=O) groups is 1. The van der Waals surface area contributed by atoms with Crippen molar-refractivity contribution >= 4 is 17.2 Å². The molecule has 1 N–H and O–H groups in total. The molecule has 18 heavy (non-hydrogen) atoms. The van der Waals surface area contributed by atoms with Crippen LogP contribution in [-0.2, 0) is 11.2 Å². The van der Waals surface area contributed by atoms with Gasteiger partial charge < -0.3 is 5.32 Å². The van der Waals surface area contributed by atoms with Crippen molar-refractivity contribution in [1.82, 2.24) is 15.3 Å². The highest BCUT2D eigenvalue weighted by molar-refractivity contribution is 7.13. The number of aromatic nitrogens is 2. The van der Waals surface area contributed by atoms with Gasteiger partial charge in [0, 0.05) is 29.4 Å². The predicted molar refractivity (Wildman–Crippen MR) is 70.2 cm³/mol. The van der Waals surface area contributed by atoms with E-state index in [1.54, 1.807) is 23.7 Å². The SMILES string of the molecule is O=C(Cc1csc(-c2ccncc2)n1)NC1CC1. The van der Waals surface area contributed by atoms with Crippen LogP contribution in [0.3, 0.4) is 0 Å². The molecule has 1 fully saturated rings. The van der Waals surface area contributed by atoms with E-state index in [0.29, 0.717) is 12.5 Å². The standard InChI is InChI=1S/C13H13N3OS/c17-12(15-10-1-2-10)7-11-8-18-13(16-11)9-3-5-14-6-4-9/h3-6,8,10H,1-2,7H2,(H,15,17). The van der Waals surface area contributed by atoms with E-state index in [1.165, 1.54) is 0 Å². The molecule has 0 aliphatic heterocycles. The Labute approximate surface area is 109 Å². The molecule has 2 heterocycles. The van der Waals surface area contributed by atoms with E-state index in [9.17, 15) is 4.79 Å². The molecule has 0 bridgehead atoms. The van der Waals surface area contributed by atoms with Gasteiger partial charge in [0.15, 0.2) is 0 Å². The second-order valence-corrected chi connectivity index (χ2v) is 5.26. The van der Waals surface area contributed by atoms with Crippen molar-refractivity contribution in [2.45, 2.75) is 25.3 Å². The number of rotatable bonds is 4. The van der Waals surface area contributed by atoms with Gasteiger partial charge in [-0.2, -0.15) is 0 Å². The monoisotopic (exact) mass is 259 g/mol. The highest BCUT2D eigenvalue weighted by Gasteiger charge is 2.23. The van der Waals surface area contributed by atoms with Crippen LogP contribution < -0.4 is 5.32 Å². The Hall–Kier alpha value is -1.75. The van der Waals surface area contributed by atoms with Crippen molar-refractivity contribution in [1.29, 1.82) is 0 Å². The number of hydrogen-bond donors (Lipinski definition) is 1. The molecular weight excluding hydrogens is 246 g/mol. The van der Waals surface area contributed by atoms with Crippen LogP contribution in [0.15, 0.2) is 29.9 Å². The van der Waals surface area contributed by atoms with E-state index in [1.807, 2.05) is 17.5 Å². The van der Waals surface area contributed by atoms with Gasteiger partial charge in [-0.1, -0.05) is 0 Å². The Balaban J connectivity index is 1.67. The number of nitrogens with zero attached hydrogens (tertiary/aromatic N) is 2. The van der Waals surface area contributed by atoms with Crippen LogP contribution in [-0.4, -0.2) is 21.9 Å². The molecule has 2 aromatic heterocycles. The fraction of sp³-hybridized carbons (Fsp3) is 0.308. The summed E-state index contributed by atoms with van der Waals surface area (Å²) in [6, 6.07) is 4.26. The largest absolute Gasteiger partial charge is 0.353 e. The normalized spacial score (nSPS) is 14.4. The molecule has 4 nitrogen and oxygen atoms in total. The highest BCUT2D eigenvalue weighted by atomic mass is 32.1. The van der Waals surface area contributed by atoms with Gasteiger partial charge in [0.2, 0.25) is 5.91 Å². The van der Waals surface area contributed by atoms with Crippen molar-refractivity contribution < 1.29 is 4.79 Å². The first-order chi connectivity index (χ1) is 8.81. The lowest BCUT2D eigenvalue weighted by atomic mass is 10.3. The van der Waals surface area contributed by atoms with Gasteiger partial charge in [-0.05, 0) is 25.0 Å². The smallest absolute Gasteiger partial charge is 0.226 e. The molecule has 0 aromatic carbocycles. The number of hydrogen-bond acceptors (Lipinski definition) is 4. The topological polar surface area (TPSA) is 54.9 Å². The number of pyridine rings is 1. The zero-order valence-corrected chi connectivity index (χ0v) is 10.6. The molecular formula is C13H13N3OS. The fourth-order valence-electron chi connectivity index (χ4n) is 1.69. The van der Waals surface area contributed by atoms with Crippen LogP contribution >= 0.6 is 11.3 Å². The summed E-state index contributed by atoms with van der Waals surface area (Å²) in [5, 5.41) is 5.85. The molecule has 0 atom stereocenters. The molecule has 2 aromatic rings. The van der Waals surface area contributed by atoms with Gasteiger partial charge in [0.25, 0.3) is 0 Å². The molecule has 1 amide bonds. The molecule has 0 unspecified atom stereocenters. The molecule has 92 valence electrons. The lowest BCUT2D eigenvalue weighted by molar-refractivity contribution is -0.120. The van der Waals surface area contributed by atoms with Crippen molar-refractivity contribution in [3.63, 3.8) is 0 Å².